The van der Waals surface area contributed by atoms with Gasteiger partial charge in [-0.25, -0.2) is 0 Å². The molecule has 8 nitrogen and oxygen atoms in total. The Morgan fingerprint density at radius 1 is 1.33 bits per heavy atom. The second-order valence-electron chi connectivity index (χ2n) is 6.97. The molecule has 140 valence electrons. The van der Waals surface area contributed by atoms with Crippen molar-refractivity contribution in [1.29, 1.82) is 0 Å². The van der Waals surface area contributed by atoms with Crippen molar-refractivity contribution >= 4 is 5.91 Å². The van der Waals surface area contributed by atoms with Crippen LogP contribution in [0, 0.1) is 0 Å². The van der Waals surface area contributed by atoms with Crippen LogP contribution in [0.25, 0.3) is 0 Å². The molecule has 1 unspecified atom stereocenters. The smallest absolute Gasteiger partial charge is 0.271 e. The van der Waals surface area contributed by atoms with Crippen LogP contribution in [-0.2, 0) is 12.0 Å². The summed E-state index contributed by atoms with van der Waals surface area (Å²) in [5, 5.41) is 10.7. The van der Waals surface area contributed by atoms with Crippen LogP contribution >= 0.6 is 0 Å². The monoisotopic (exact) mass is 367 g/mol. The number of hydrogen-bond donors (Lipinski definition) is 1. The summed E-state index contributed by atoms with van der Waals surface area (Å²) in [6.45, 7) is 3.51. The zero-order chi connectivity index (χ0) is 18.7. The fourth-order valence-electron chi connectivity index (χ4n) is 3.36. The molecule has 3 heterocycles. The number of aromatic nitrogens is 4. The minimum absolute atomic E-state index is 0.0606. The van der Waals surface area contributed by atoms with Gasteiger partial charge >= 0.3 is 0 Å². The Hall–Kier alpha value is -3.16. The summed E-state index contributed by atoms with van der Waals surface area (Å²) >= 11 is 0. The number of H-pyrrole nitrogens is 1. The van der Waals surface area contributed by atoms with Gasteiger partial charge in [-0.15, -0.1) is 0 Å². The molecule has 1 fully saturated rings. The summed E-state index contributed by atoms with van der Waals surface area (Å²) in [6, 6.07) is 11.2. The summed E-state index contributed by atoms with van der Waals surface area (Å²) in [4.78, 5) is 18.9. The molecule has 3 aromatic rings. The van der Waals surface area contributed by atoms with Crippen LogP contribution in [0.1, 0.15) is 42.0 Å². The van der Waals surface area contributed by atoms with Gasteiger partial charge in [0.15, 0.2) is 12.4 Å². The van der Waals surface area contributed by atoms with Gasteiger partial charge in [0.25, 0.3) is 11.8 Å². The number of amides is 1. The van der Waals surface area contributed by atoms with Crippen molar-refractivity contribution in [2.75, 3.05) is 13.1 Å². The first kappa shape index (κ1) is 17.3. The Morgan fingerprint density at radius 2 is 2.19 bits per heavy atom. The van der Waals surface area contributed by atoms with Gasteiger partial charge in [-0.2, -0.15) is 10.1 Å². The van der Waals surface area contributed by atoms with Gasteiger partial charge in [0.1, 0.15) is 11.4 Å². The van der Waals surface area contributed by atoms with Crippen molar-refractivity contribution in [2.24, 2.45) is 0 Å². The lowest BCUT2D eigenvalue weighted by Crippen LogP contribution is -2.47. The number of aromatic amines is 1. The highest BCUT2D eigenvalue weighted by Crippen LogP contribution is 2.32. The highest BCUT2D eigenvalue weighted by Gasteiger charge is 2.39. The third-order valence-electron chi connectivity index (χ3n) is 4.83. The number of nitrogens with zero attached hydrogens (tertiary/aromatic N) is 4. The lowest BCUT2D eigenvalue weighted by atomic mass is 9.81. The van der Waals surface area contributed by atoms with Crippen LogP contribution in [0.3, 0.4) is 0 Å². The molecule has 0 spiro atoms. The standard InChI is InChI=1S/C19H21N5O3/c1-19(9-5-11-24(13-19)17(25)15-8-10-20-22-15)18-21-16(27-23-18)12-26-14-6-3-2-4-7-14/h2-4,6-8,10H,5,9,11-13H2,1H3,(H,20,22). The van der Waals surface area contributed by atoms with Gasteiger partial charge in [0.05, 0.1) is 0 Å². The molecule has 1 amide bonds. The molecule has 1 aromatic carbocycles. The SMILES string of the molecule is CC1(c2noc(COc3ccccc3)n2)CCCN(C(=O)c2ccn[nH]2)C1. The first-order valence-electron chi connectivity index (χ1n) is 8.94. The van der Waals surface area contributed by atoms with Crippen molar-refractivity contribution in [1.82, 2.24) is 25.2 Å². The van der Waals surface area contributed by atoms with E-state index in [9.17, 15) is 4.79 Å². The summed E-state index contributed by atoms with van der Waals surface area (Å²) in [5.41, 5.74) is 0.131. The third kappa shape index (κ3) is 3.69. The predicted octanol–water partition coefficient (Wildman–Crippen LogP) is 2.57. The van der Waals surface area contributed by atoms with E-state index in [1.54, 1.807) is 12.3 Å². The third-order valence-corrected chi connectivity index (χ3v) is 4.83. The van der Waals surface area contributed by atoms with Gasteiger partial charge in [-0.05, 0) is 31.0 Å². The summed E-state index contributed by atoms with van der Waals surface area (Å²) in [7, 11) is 0. The highest BCUT2D eigenvalue weighted by molar-refractivity contribution is 5.92. The van der Waals surface area contributed by atoms with E-state index in [4.69, 9.17) is 9.26 Å². The number of hydrogen-bond acceptors (Lipinski definition) is 6. The summed E-state index contributed by atoms with van der Waals surface area (Å²) in [6.07, 6.45) is 3.34. The maximum absolute atomic E-state index is 12.6. The lowest BCUT2D eigenvalue weighted by Gasteiger charge is -2.38. The molecular weight excluding hydrogens is 346 g/mol. The van der Waals surface area contributed by atoms with E-state index < -0.39 is 0 Å². The number of carbonyl (C=O) groups is 1. The van der Waals surface area contributed by atoms with Crippen LogP contribution in [0.4, 0.5) is 0 Å². The van der Waals surface area contributed by atoms with Gasteiger partial charge in [-0.3, -0.25) is 9.89 Å². The van der Waals surface area contributed by atoms with E-state index in [2.05, 4.69) is 27.3 Å². The normalized spacial score (nSPS) is 19.8. The number of para-hydroxylation sites is 1. The second kappa shape index (κ2) is 7.22. The number of ether oxygens (including phenoxy) is 1. The summed E-state index contributed by atoms with van der Waals surface area (Å²) < 4.78 is 11.0. The average molecular weight is 367 g/mol. The van der Waals surface area contributed by atoms with Crippen molar-refractivity contribution < 1.29 is 14.1 Å². The molecule has 0 bridgehead atoms. The Labute approximate surface area is 156 Å². The zero-order valence-electron chi connectivity index (χ0n) is 15.1. The number of nitrogens with one attached hydrogen (secondary N) is 1. The van der Waals surface area contributed by atoms with E-state index >= 15 is 0 Å². The fourth-order valence-corrected chi connectivity index (χ4v) is 3.36. The maximum atomic E-state index is 12.6. The van der Waals surface area contributed by atoms with Gasteiger partial charge in [0, 0.05) is 24.7 Å². The molecule has 0 saturated carbocycles. The molecule has 0 radical (unpaired) electrons. The minimum Gasteiger partial charge on any atom is -0.484 e. The molecule has 1 aliphatic heterocycles. The largest absolute Gasteiger partial charge is 0.484 e. The van der Waals surface area contributed by atoms with Crippen molar-refractivity contribution in [3.8, 4) is 5.75 Å². The first-order chi connectivity index (χ1) is 13.1. The predicted molar refractivity (Wildman–Crippen MR) is 96.1 cm³/mol. The number of benzene rings is 1. The van der Waals surface area contributed by atoms with Gasteiger partial charge in [-0.1, -0.05) is 30.3 Å². The topological polar surface area (TPSA) is 97.1 Å². The zero-order valence-corrected chi connectivity index (χ0v) is 15.1. The van der Waals surface area contributed by atoms with Crippen molar-refractivity contribution in [3.63, 3.8) is 0 Å². The van der Waals surface area contributed by atoms with E-state index in [0.29, 0.717) is 30.5 Å². The quantitative estimate of drug-likeness (QED) is 0.744. The first-order valence-corrected chi connectivity index (χ1v) is 8.94. The molecule has 8 heteroatoms. The minimum atomic E-state index is -0.359. The number of rotatable bonds is 5. The Kier molecular flexibility index (Phi) is 4.62. The molecular formula is C19H21N5O3. The van der Waals surface area contributed by atoms with Crippen LogP contribution in [0.15, 0.2) is 47.1 Å². The highest BCUT2D eigenvalue weighted by atomic mass is 16.5. The summed E-state index contributed by atoms with van der Waals surface area (Å²) in [5.74, 6) is 1.72. The van der Waals surface area contributed by atoms with Gasteiger partial charge < -0.3 is 14.2 Å². The van der Waals surface area contributed by atoms with E-state index in [1.165, 1.54) is 0 Å². The molecule has 1 aliphatic rings. The molecule has 4 rings (SSSR count). The van der Waals surface area contributed by atoms with E-state index in [0.717, 1.165) is 18.6 Å². The molecule has 2 aromatic heterocycles. The van der Waals surface area contributed by atoms with Crippen LogP contribution in [0.5, 0.6) is 5.75 Å². The van der Waals surface area contributed by atoms with Crippen LogP contribution in [0.2, 0.25) is 0 Å². The van der Waals surface area contributed by atoms with Crippen LogP contribution < -0.4 is 4.74 Å². The molecule has 1 saturated heterocycles. The fraction of sp³-hybridized carbons (Fsp3) is 0.368. The van der Waals surface area contributed by atoms with Crippen molar-refractivity contribution in [2.45, 2.75) is 31.8 Å². The Balaban J connectivity index is 1.44. The molecule has 27 heavy (non-hydrogen) atoms. The van der Waals surface area contributed by atoms with E-state index in [-0.39, 0.29) is 17.9 Å². The lowest BCUT2D eigenvalue weighted by molar-refractivity contribution is 0.0636. The second-order valence-corrected chi connectivity index (χ2v) is 6.97. The average Bonchev–Trinajstić information content (AvgIpc) is 3.39. The molecule has 1 atom stereocenters. The molecule has 0 aliphatic carbocycles. The van der Waals surface area contributed by atoms with Crippen molar-refractivity contribution in [3.05, 3.63) is 60.0 Å². The van der Waals surface area contributed by atoms with E-state index in [1.807, 2.05) is 35.2 Å². The number of piperidine rings is 1. The Bertz CT molecular complexity index is 893. The number of likely N-dealkylation sites (tertiary alicyclic amines) is 1. The van der Waals surface area contributed by atoms with Gasteiger partial charge in [0.2, 0.25) is 0 Å². The molecule has 1 N–H and O–H groups in total. The Morgan fingerprint density at radius 3 is 2.96 bits per heavy atom. The maximum Gasteiger partial charge on any atom is 0.271 e. The van der Waals surface area contributed by atoms with Crippen LogP contribution in [-0.4, -0.2) is 44.2 Å². The number of carbonyl (C=O) groups excluding carboxylic acids is 1.